The summed E-state index contributed by atoms with van der Waals surface area (Å²) in [6, 6.07) is 0. The number of carbonyl (C=O) groups is 1. The van der Waals surface area contributed by atoms with Gasteiger partial charge in [-0.1, -0.05) is 13.8 Å². The predicted molar refractivity (Wildman–Crippen MR) is 67.6 cm³/mol. The van der Waals surface area contributed by atoms with E-state index in [2.05, 4.69) is 15.4 Å². The Morgan fingerprint density at radius 1 is 1.58 bits per heavy atom. The zero-order valence-electron chi connectivity index (χ0n) is 10.9. The number of furan rings is 1. The number of carbonyl (C=O) groups excluding carboxylic acids is 1. The van der Waals surface area contributed by atoms with Gasteiger partial charge in [0, 0.05) is 0 Å². The zero-order valence-corrected chi connectivity index (χ0v) is 10.9. The second-order valence-corrected chi connectivity index (χ2v) is 4.58. The molecule has 0 atom stereocenters. The minimum atomic E-state index is -0.518. The van der Waals surface area contributed by atoms with Crippen molar-refractivity contribution in [3.63, 3.8) is 0 Å². The molecule has 0 fully saturated rings. The molecule has 2 aromatic rings. The second-order valence-electron chi connectivity index (χ2n) is 4.58. The molecule has 2 N–H and O–H groups in total. The number of hydrogen-bond acceptors (Lipinski definition) is 5. The highest BCUT2D eigenvalue weighted by Crippen LogP contribution is 2.20. The van der Waals surface area contributed by atoms with Gasteiger partial charge in [-0.05, 0) is 12.8 Å². The van der Waals surface area contributed by atoms with E-state index in [0.717, 1.165) is 0 Å². The molecule has 102 valence electrons. The molecule has 2 aromatic heterocycles. The van der Waals surface area contributed by atoms with Gasteiger partial charge < -0.3 is 9.40 Å². The Bertz CT molecular complexity index is 657. The molecule has 7 heteroatoms. The molecule has 0 aromatic carbocycles. The van der Waals surface area contributed by atoms with Crippen molar-refractivity contribution in [3.8, 4) is 0 Å². The Labute approximate surface area is 108 Å². The molecule has 1 amide bonds. The van der Waals surface area contributed by atoms with E-state index >= 15 is 0 Å². The van der Waals surface area contributed by atoms with Crippen LogP contribution in [0.2, 0.25) is 0 Å². The summed E-state index contributed by atoms with van der Waals surface area (Å²) in [5.74, 6) is 0.0906. The number of aryl methyl sites for hydroxylation is 1. The van der Waals surface area contributed by atoms with Gasteiger partial charge in [0.1, 0.15) is 11.1 Å². The van der Waals surface area contributed by atoms with E-state index in [1.165, 1.54) is 6.33 Å². The Morgan fingerprint density at radius 3 is 3.00 bits per heavy atom. The first-order valence-electron chi connectivity index (χ1n) is 5.89. The molecule has 19 heavy (non-hydrogen) atoms. The first kappa shape index (κ1) is 13.3. The number of hydrogen-bond donors (Lipinski definition) is 2. The van der Waals surface area contributed by atoms with Crippen LogP contribution < -0.4 is 11.0 Å². The number of aromatic nitrogens is 2. The first-order valence-corrected chi connectivity index (χ1v) is 5.89. The molecule has 0 aliphatic heterocycles. The number of nitrogens with one attached hydrogen (secondary N) is 2. The first-order chi connectivity index (χ1) is 9.00. The van der Waals surface area contributed by atoms with Crippen LogP contribution in [-0.2, 0) is 4.84 Å². The summed E-state index contributed by atoms with van der Waals surface area (Å²) in [6.45, 7) is 5.90. The number of amides is 1. The molecule has 0 saturated heterocycles. The van der Waals surface area contributed by atoms with Crippen LogP contribution in [0, 0.1) is 12.8 Å². The highest BCUT2D eigenvalue weighted by molar-refractivity contribution is 6.05. The fourth-order valence-corrected chi connectivity index (χ4v) is 1.65. The SMILES string of the molecule is Cc1oc2nc[nH]c(=O)c2c1C(=O)NOCC(C)C. The van der Waals surface area contributed by atoms with Gasteiger partial charge in [0.2, 0.25) is 5.71 Å². The van der Waals surface area contributed by atoms with Crippen LogP contribution in [0.3, 0.4) is 0 Å². The topological polar surface area (TPSA) is 97.2 Å². The van der Waals surface area contributed by atoms with Crippen molar-refractivity contribution in [2.75, 3.05) is 6.61 Å². The third-order valence-corrected chi connectivity index (χ3v) is 2.48. The fourth-order valence-electron chi connectivity index (χ4n) is 1.65. The van der Waals surface area contributed by atoms with Gasteiger partial charge in [-0.15, -0.1) is 0 Å². The maximum Gasteiger partial charge on any atom is 0.279 e. The fraction of sp³-hybridized carbons (Fsp3) is 0.417. The standard InChI is InChI=1S/C12H15N3O4/c1-6(2)4-18-15-11(17)8-7(3)19-12-9(8)10(16)13-5-14-12/h5-6H,4H2,1-3H3,(H,15,17)(H,13,14,16). The molecule has 0 bridgehead atoms. The Balaban J connectivity index is 2.31. The third kappa shape index (κ3) is 2.65. The Morgan fingerprint density at radius 2 is 2.32 bits per heavy atom. The van der Waals surface area contributed by atoms with E-state index in [1.54, 1.807) is 6.92 Å². The smallest absolute Gasteiger partial charge is 0.279 e. The van der Waals surface area contributed by atoms with Crippen molar-refractivity contribution < 1.29 is 14.0 Å². The summed E-state index contributed by atoms with van der Waals surface area (Å²) >= 11 is 0. The Kier molecular flexibility index (Phi) is 3.66. The van der Waals surface area contributed by atoms with E-state index in [4.69, 9.17) is 9.25 Å². The molecule has 0 aliphatic rings. The van der Waals surface area contributed by atoms with Gasteiger partial charge in [-0.2, -0.15) is 0 Å². The molecule has 2 rings (SSSR count). The van der Waals surface area contributed by atoms with Crippen molar-refractivity contribution >= 4 is 17.0 Å². The summed E-state index contributed by atoms with van der Waals surface area (Å²) in [7, 11) is 0. The number of rotatable bonds is 4. The van der Waals surface area contributed by atoms with Gasteiger partial charge in [-0.25, -0.2) is 10.5 Å². The number of H-pyrrole nitrogens is 1. The highest BCUT2D eigenvalue weighted by atomic mass is 16.7. The predicted octanol–water partition coefficient (Wildman–Crippen LogP) is 1.14. The van der Waals surface area contributed by atoms with Crippen LogP contribution in [-0.4, -0.2) is 22.5 Å². The molecule has 0 radical (unpaired) electrons. The summed E-state index contributed by atoms with van der Waals surface area (Å²) in [5.41, 5.74) is 2.16. The lowest BCUT2D eigenvalue weighted by molar-refractivity contribution is 0.0208. The second kappa shape index (κ2) is 5.23. The van der Waals surface area contributed by atoms with Crippen molar-refractivity contribution in [3.05, 3.63) is 28.0 Å². The molecular weight excluding hydrogens is 250 g/mol. The van der Waals surface area contributed by atoms with E-state index in [0.29, 0.717) is 12.4 Å². The van der Waals surface area contributed by atoms with E-state index in [9.17, 15) is 9.59 Å². The highest BCUT2D eigenvalue weighted by Gasteiger charge is 2.21. The number of hydroxylamine groups is 1. The van der Waals surface area contributed by atoms with Crippen LogP contribution in [0.15, 0.2) is 15.5 Å². The minimum Gasteiger partial charge on any atom is -0.442 e. The minimum absolute atomic E-state index is 0.130. The number of nitrogens with zero attached hydrogens (tertiary/aromatic N) is 1. The summed E-state index contributed by atoms with van der Waals surface area (Å²) < 4.78 is 5.28. The number of fused-ring (bicyclic) bond motifs is 1. The van der Waals surface area contributed by atoms with Crippen LogP contribution in [0.4, 0.5) is 0 Å². The van der Waals surface area contributed by atoms with Gasteiger partial charge in [-0.3, -0.25) is 14.4 Å². The summed E-state index contributed by atoms with van der Waals surface area (Å²) in [4.78, 5) is 35.1. The lowest BCUT2D eigenvalue weighted by atomic mass is 10.2. The van der Waals surface area contributed by atoms with Gasteiger partial charge in [0.25, 0.3) is 11.5 Å². The summed E-state index contributed by atoms with van der Waals surface area (Å²) in [6.07, 6.45) is 1.23. The van der Waals surface area contributed by atoms with E-state index in [1.807, 2.05) is 13.8 Å². The van der Waals surface area contributed by atoms with Crippen molar-refractivity contribution in [1.82, 2.24) is 15.4 Å². The third-order valence-electron chi connectivity index (χ3n) is 2.48. The maximum atomic E-state index is 12.0. The maximum absolute atomic E-state index is 12.0. The lowest BCUT2D eigenvalue weighted by Gasteiger charge is -2.07. The van der Waals surface area contributed by atoms with Crippen molar-refractivity contribution in [2.24, 2.45) is 5.92 Å². The molecule has 0 saturated carbocycles. The normalized spacial score (nSPS) is 11.2. The van der Waals surface area contributed by atoms with Crippen LogP contribution in [0.5, 0.6) is 0 Å². The monoisotopic (exact) mass is 265 g/mol. The number of aromatic amines is 1. The molecular formula is C12H15N3O4. The molecule has 2 heterocycles. The quantitative estimate of drug-likeness (QED) is 0.808. The van der Waals surface area contributed by atoms with E-state index in [-0.39, 0.29) is 22.6 Å². The van der Waals surface area contributed by atoms with Gasteiger partial charge >= 0.3 is 0 Å². The van der Waals surface area contributed by atoms with Gasteiger partial charge in [0.15, 0.2) is 0 Å². The van der Waals surface area contributed by atoms with E-state index < -0.39 is 11.5 Å². The van der Waals surface area contributed by atoms with Crippen LogP contribution >= 0.6 is 0 Å². The molecule has 0 unspecified atom stereocenters. The van der Waals surface area contributed by atoms with Gasteiger partial charge in [0.05, 0.1) is 18.5 Å². The van der Waals surface area contributed by atoms with Crippen molar-refractivity contribution in [2.45, 2.75) is 20.8 Å². The molecule has 0 spiro atoms. The summed E-state index contributed by atoms with van der Waals surface area (Å²) in [5, 5.41) is 0.130. The molecule has 0 aliphatic carbocycles. The van der Waals surface area contributed by atoms with Crippen LogP contribution in [0.1, 0.15) is 30.0 Å². The van der Waals surface area contributed by atoms with Crippen molar-refractivity contribution in [1.29, 1.82) is 0 Å². The Hall–Kier alpha value is -2.15. The zero-order chi connectivity index (χ0) is 14.0. The largest absolute Gasteiger partial charge is 0.442 e. The average molecular weight is 265 g/mol. The van der Waals surface area contributed by atoms with Crippen LogP contribution in [0.25, 0.3) is 11.1 Å². The molecule has 7 nitrogen and oxygen atoms in total. The average Bonchev–Trinajstić information content (AvgIpc) is 2.66. The lowest BCUT2D eigenvalue weighted by Crippen LogP contribution is -2.27.